The highest BCUT2D eigenvalue weighted by Gasteiger charge is 2.44. The molecule has 2 aliphatic rings. The maximum atomic E-state index is 12.9. The molecule has 0 bridgehead atoms. The predicted molar refractivity (Wildman–Crippen MR) is 116 cm³/mol. The fraction of sp³-hybridized carbons (Fsp3) is 0.667. The van der Waals surface area contributed by atoms with Gasteiger partial charge in [-0.2, -0.15) is 5.10 Å². The van der Waals surface area contributed by atoms with Gasteiger partial charge >= 0.3 is 0 Å². The van der Waals surface area contributed by atoms with Crippen molar-refractivity contribution in [2.75, 3.05) is 25.2 Å². The normalized spacial score (nSPS) is 24.7. The number of halogens is 2. The molecule has 1 saturated heterocycles. The summed E-state index contributed by atoms with van der Waals surface area (Å²) >= 11 is 1.50. The number of alkyl halides is 2. The number of aryl methyl sites for hydroxylation is 1. The third kappa shape index (κ3) is 5.35. The highest BCUT2D eigenvalue weighted by molar-refractivity contribution is 7.90. The van der Waals surface area contributed by atoms with Crippen molar-refractivity contribution in [1.82, 2.24) is 14.7 Å². The van der Waals surface area contributed by atoms with Crippen molar-refractivity contribution in [1.29, 1.82) is 0 Å². The summed E-state index contributed by atoms with van der Waals surface area (Å²) in [6.07, 6.45) is 4.89. The topological polar surface area (TPSA) is 64.4 Å². The number of aromatic nitrogens is 2. The molecule has 172 valence electrons. The van der Waals surface area contributed by atoms with Gasteiger partial charge in [0.05, 0.1) is 25.1 Å². The predicted octanol–water partition coefficient (Wildman–Crippen LogP) is 3.25. The number of piperidine rings is 1. The molecule has 2 unspecified atom stereocenters. The number of sulfone groups is 1. The summed E-state index contributed by atoms with van der Waals surface area (Å²) in [7, 11) is -3.02. The number of likely N-dealkylation sites (tertiary alicyclic amines) is 1. The van der Waals surface area contributed by atoms with E-state index in [-0.39, 0.29) is 23.8 Å². The Kier molecular flexibility index (Phi) is 6.54. The van der Waals surface area contributed by atoms with Gasteiger partial charge in [0.15, 0.2) is 0 Å². The first kappa shape index (κ1) is 22.8. The molecule has 0 N–H and O–H groups in total. The lowest BCUT2D eigenvalue weighted by molar-refractivity contribution is -0.110. The smallest absolute Gasteiger partial charge is 0.243 e. The van der Waals surface area contributed by atoms with Gasteiger partial charge in [-0.15, -0.1) is 11.3 Å². The lowest BCUT2D eigenvalue weighted by Gasteiger charge is -2.47. The Morgan fingerprint density at radius 2 is 2.23 bits per heavy atom. The summed E-state index contributed by atoms with van der Waals surface area (Å²) < 4.78 is 56.5. The molecule has 2 aromatic rings. The van der Waals surface area contributed by atoms with E-state index in [1.807, 2.05) is 12.3 Å². The fourth-order valence-corrected chi connectivity index (χ4v) is 6.58. The molecule has 2 aromatic heterocycles. The standard InChI is InChI=1S/C21H29F2N3O3S2/c1-15-11-21(20-17(3-7-29-21)9-18(30-20)10-19(22)23)4-5-25(15)13-16-12-24-26(14-16)6-8-31(2,27)28/h9,12,14-15,19H,3-8,10-11,13H2,1-2H3. The van der Waals surface area contributed by atoms with Gasteiger partial charge in [0.2, 0.25) is 6.43 Å². The zero-order valence-electron chi connectivity index (χ0n) is 17.9. The van der Waals surface area contributed by atoms with E-state index in [0.29, 0.717) is 13.2 Å². The van der Waals surface area contributed by atoms with Gasteiger partial charge in [0, 0.05) is 53.3 Å². The Balaban J connectivity index is 1.42. The zero-order valence-corrected chi connectivity index (χ0v) is 19.5. The Bertz CT molecular complexity index is 1020. The number of fused-ring (bicyclic) bond motifs is 2. The molecule has 0 radical (unpaired) electrons. The summed E-state index contributed by atoms with van der Waals surface area (Å²) in [4.78, 5) is 4.28. The molecule has 0 aliphatic carbocycles. The van der Waals surface area contributed by atoms with Crippen molar-refractivity contribution in [2.45, 2.75) is 63.8 Å². The molecular weight excluding hydrogens is 444 g/mol. The lowest BCUT2D eigenvalue weighted by atomic mass is 9.82. The molecule has 1 spiro atoms. The fourth-order valence-electron chi connectivity index (χ4n) is 4.66. The first-order valence-corrected chi connectivity index (χ1v) is 13.5. The quantitative estimate of drug-likeness (QED) is 0.618. The van der Waals surface area contributed by atoms with E-state index >= 15 is 0 Å². The SMILES string of the molecule is CC1CC2(CCN1Cc1cnn(CCS(C)(=O)=O)c1)OCCc1cc(CC(F)F)sc12. The largest absolute Gasteiger partial charge is 0.369 e. The van der Waals surface area contributed by atoms with E-state index in [1.165, 1.54) is 23.2 Å². The number of rotatable bonds is 7. The third-order valence-corrected chi connectivity index (χ3v) is 8.50. The van der Waals surface area contributed by atoms with Crippen LogP contribution in [-0.2, 0) is 46.1 Å². The van der Waals surface area contributed by atoms with Crippen LogP contribution in [0, 0.1) is 0 Å². The van der Waals surface area contributed by atoms with Gasteiger partial charge < -0.3 is 4.74 Å². The van der Waals surface area contributed by atoms with Crippen LogP contribution in [-0.4, -0.2) is 60.7 Å². The highest BCUT2D eigenvalue weighted by atomic mass is 32.2. The van der Waals surface area contributed by atoms with Crippen molar-refractivity contribution in [3.63, 3.8) is 0 Å². The molecule has 4 rings (SSSR count). The van der Waals surface area contributed by atoms with E-state index in [9.17, 15) is 17.2 Å². The Morgan fingerprint density at radius 3 is 2.94 bits per heavy atom. The summed E-state index contributed by atoms with van der Waals surface area (Å²) in [6, 6.07) is 2.22. The van der Waals surface area contributed by atoms with E-state index in [2.05, 4.69) is 16.9 Å². The molecule has 6 nitrogen and oxygen atoms in total. The monoisotopic (exact) mass is 473 g/mol. The van der Waals surface area contributed by atoms with E-state index in [4.69, 9.17) is 4.74 Å². The van der Waals surface area contributed by atoms with Gasteiger partial charge in [-0.25, -0.2) is 17.2 Å². The first-order chi connectivity index (χ1) is 14.6. The van der Waals surface area contributed by atoms with Crippen LogP contribution in [0.4, 0.5) is 8.78 Å². The molecule has 2 aliphatic heterocycles. The van der Waals surface area contributed by atoms with Gasteiger partial charge in [-0.05, 0) is 37.8 Å². The van der Waals surface area contributed by atoms with Crippen molar-refractivity contribution in [3.8, 4) is 0 Å². The van der Waals surface area contributed by atoms with Crippen LogP contribution in [0.2, 0.25) is 0 Å². The van der Waals surface area contributed by atoms with Crippen LogP contribution in [0.15, 0.2) is 18.5 Å². The molecule has 0 aromatic carbocycles. The minimum atomic E-state index is -3.02. The molecule has 10 heteroatoms. The lowest BCUT2D eigenvalue weighted by Crippen LogP contribution is -2.49. The summed E-state index contributed by atoms with van der Waals surface area (Å²) in [5, 5.41) is 4.29. The minimum absolute atomic E-state index is 0.0742. The summed E-state index contributed by atoms with van der Waals surface area (Å²) in [6.45, 7) is 4.76. The van der Waals surface area contributed by atoms with E-state index in [1.54, 1.807) is 10.9 Å². The second-order valence-electron chi connectivity index (χ2n) is 8.77. The van der Waals surface area contributed by atoms with Crippen molar-refractivity contribution < 1.29 is 21.9 Å². The Hall–Kier alpha value is -1.36. The van der Waals surface area contributed by atoms with E-state index < -0.39 is 16.3 Å². The van der Waals surface area contributed by atoms with Gasteiger partial charge in [-0.1, -0.05) is 0 Å². The molecular formula is C21H29F2N3O3S2. The van der Waals surface area contributed by atoms with Crippen molar-refractivity contribution in [3.05, 3.63) is 39.3 Å². The molecule has 31 heavy (non-hydrogen) atoms. The maximum Gasteiger partial charge on any atom is 0.243 e. The van der Waals surface area contributed by atoms with Crippen molar-refractivity contribution >= 4 is 21.2 Å². The average Bonchev–Trinajstić information content (AvgIpc) is 3.29. The van der Waals surface area contributed by atoms with Crippen LogP contribution in [0.1, 0.15) is 40.6 Å². The average molecular weight is 474 g/mol. The number of nitrogens with zero attached hydrogens (tertiary/aromatic N) is 3. The molecule has 0 saturated carbocycles. The third-order valence-electron chi connectivity index (χ3n) is 6.19. The van der Waals surface area contributed by atoms with Gasteiger partial charge in [-0.3, -0.25) is 9.58 Å². The summed E-state index contributed by atoms with van der Waals surface area (Å²) in [5.41, 5.74) is 1.87. The minimum Gasteiger partial charge on any atom is -0.369 e. The van der Waals surface area contributed by atoms with Crippen LogP contribution >= 0.6 is 11.3 Å². The number of hydrogen-bond donors (Lipinski definition) is 0. The Labute approximate surface area is 186 Å². The highest BCUT2D eigenvalue weighted by Crippen LogP contribution is 2.47. The first-order valence-electron chi connectivity index (χ1n) is 10.6. The number of thiophene rings is 1. The molecule has 2 atom stereocenters. The van der Waals surface area contributed by atoms with Crippen LogP contribution in [0.25, 0.3) is 0 Å². The van der Waals surface area contributed by atoms with Crippen LogP contribution < -0.4 is 0 Å². The second kappa shape index (κ2) is 8.88. The zero-order chi connectivity index (χ0) is 22.2. The molecule has 0 amide bonds. The van der Waals surface area contributed by atoms with Crippen molar-refractivity contribution in [2.24, 2.45) is 0 Å². The molecule has 1 fully saturated rings. The van der Waals surface area contributed by atoms with Gasteiger partial charge in [0.1, 0.15) is 15.4 Å². The number of hydrogen-bond acceptors (Lipinski definition) is 6. The van der Waals surface area contributed by atoms with Crippen LogP contribution in [0.3, 0.4) is 0 Å². The van der Waals surface area contributed by atoms with E-state index in [0.717, 1.165) is 47.7 Å². The molecule has 4 heterocycles. The van der Waals surface area contributed by atoms with Crippen LogP contribution in [0.5, 0.6) is 0 Å². The second-order valence-corrected chi connectivity index (χ2v) is 12.2. The Morgan fingerprint density at radius 1 is 1.42 bits per heavy atom. The maximum absolute atomic E-state index is 12.9. The van der Waals surface area contributed by atoms with Gasteiger partial charge in [0.25, 0.3) is 0 Å². The summed E-state index contributed by atoms with van der Waals surface area (Å²) in [5.74, 6) is 0.0742. The number of ether oxygens (including phenoxy) is 1.